The summed E-state index contributed by atoms with van der Waals surface area (Å²) >= 11 is 0. The van der Waals surface area contributed by atoms with Crippen molar-refractivity contribution < 1.29 is 0 Å². The summed E-state index contributed by atoms with van der Waals surface area (Å²) in [6.45, 7) is 6.35. The lowest BCUT2D eigenvalue weighted by atomic mass is 10.1. The van der Waals surface area contributed by atoms with Crippen molar-refractivity contribution >= 4 is 17.0 Å². The fourth-order valence-corrected chi connectivity index (χ4v) is 3.99. The molecule has 3 heterocycles. The molecule has 0 N–H and O–H groups in total. The molecule has 1 aliphatic rings. The molecule has 0 amide bonds. The number of aryl methyl sites for hydroxylation is 2. The summed E-state index contributed by atoms with van der Waals surface area (Å²) in [5.74, 6) is 2.82. The number of hydrogen-bond donors (Lipinski definition) is 0. The van der Waals surface area contributed by atoms with Gasteiger partial charge < -0.3 is 4.90 Å². The van der Waals surface area contributed by atoms with Gasteiger partial charge in [-0.1, -0.05) is 42.5 Å². The molecule has 0 aliphatic carbocycles. The van der Waals surface area contributed by atoms with Gasteiger partial charge >= 0.3 is 0 Å². The van der Waals surface area contributed by atoms with Crippen LogP contribution in [0.2, 0.25) is 0 Å². The van der Waals surface area contributed by atoms with Crippen LogP contribution in [-0.2, 0) is 13.1 Å². The van der Waals surface area contributed by atoms with Crippen molar-refractivity contribution in [3.8, 4) is 0 Å². The highest BCUT2D eigenvalue weighted by Gasteiger charge is 2.27. The van der Waals surface area contributed by atoms with Crippen molar-refractivity contribution in [1.29, 1.82) is 0 Å². The molecule has 0 unspecified atom stereocenters. The second-order valence-electron chi connectivity index (χ2n) is 7.22. The van der Waals surface area contributed by atoms with E-state index in [2.05, 4.69) is 77.9 Å². The highest BCUT2D eigenvalue weighted by molar-refractivity contribution is 5.79. The third-order valence-corrected chi connectivity index (χ3v) is 5.30. The van der Waals surface area contributed by atoms with Crippen LogP contribution in [-0.4, -0.2) is 37.6 Å². The average molecular weight is 373 g/mol. The van der Waals surface area contributed by atoms with E-state index in [0.29, 0.717) is 0 Å². The van der Waals surface area contributed by atoms with Crippen molar-refractivity contribution in [3.63, 3.8) is 0 Å². The predicted molar refractivity (Wildman–Crippen MR) is 110 cm³/mol. The quantitative estimate of drug-likeness (QED) is 0.551. The van der Waals surface area contributed by atoms with Gasteiger partial charge in [0.15, 0.2) is 0 Å². The first kappa shape index (κ1) is 16.8. The second kappa shape index (κ2) is 6.67. The lowest BCUT2D eigenvalue weighted by molar-refractivity contribution is 0.445. The molecule has 0 saturated carbocycles. The number of nitrogens with zero attached hydrogens (tertiary/aromatic N) is 7. The fraction of sp³-hybridized carbons (Fsp3) is 0.286. The molecule has 0 spiro atoms. The Morgan fingerprint density at radius 2 is 1.57 bits per heavy atom. The minimum atomic E-state index is 0.720. The monoisotopic (exact) mass is 373 g/mol. The number of imidazole rings is 1. The largest absolute Gasteiger partial charge is 0.323 e. The first-order valence-corrected chi connectivity index (χ1v) is 9.59. The van der Waals surface area contributed by atoms with Gasteiger partial charge in [-0.25, -0.2) is 9.66 Å². The number of fused-ring (bicyclic) bond motifs is 3. The first-order chi connectivity index (χ1) is 13.7. The van der Waals surface area contributed by atoms with E-state index in [-0.39, 0.29) is 0 Å². The van der Waals surface area contributed by atoms with Gasteiger partial charge in [-0.2, -0.15) is 0 Å². The third-order valence-electron chi connectivity index (χ3n) is 5.30. The normalized spacial score (nSPS) is 13.9. The second-order valence-corrected chi connectivity index (χ2v) is 7.22. The summed E-state index contributed by atoms with van der Waals surface area (Å²) in [5, 5.41) is 10.8. The number of anilines is 1. The van der Waals surface area contributed by atoms with Crippen molar-refractivity contribution in [1.82, 2.24) is 24.4 Å². The molecule has 142 valence electrons. The summed E-state index contributed by atoms with van der Waals surface area (Å²) in [5.41, 5.74) is 3.51. The Hall–Kier alpha value is -3.35. The van der Waals surface area contributed by atoms with E-state index in [9.17, 15) is 0 Å². The molecule has 2 aromatic heterocycles. The summed E-state index contributed by atoms with van der Waals surface area (Å²) in [7, 11) is 0. The highest BCUT2D eigenvalue weighted by atomic mass is 15.7. The number of hydrogen-bond acceptors (Lipinski definition) is 5. The van der Waals surface area contributed by atoms with E-state index < -0.39 is 0 Å². The van der Waals surface area contributed by atoms with Crippen molar-refractivity contribution in [2.45, 2.75) is 26.9 Å². The SMILES string of the molecule is Cc1nnc(C)n1N1CN(CCc2ccccc2)c2nc3ccccc3n2C1. The van der Waals surface area contributed by atoms with Gasteiger partial charge in [-0.15, -0.1) is 10.2 Å². The number of benzene rings is 2. The van der Waals surface area contributed by atoms with Gasteiger partial charge in [0.1, 0.15) is 25.0 Å². The minimum absolute atomic E-state index is 0.720. The summed E-state index contributed by atoms with van der Waals surface area (Å²) in [6, 6.07) is 18.9. The van der Waals surface area contributed by atoms with E-state index in [0.717, 1.165) is 54.9 Å². The van der Waals surface area contributed by atoms with Crippen LogP contribution in [0.1, 0.15) is 17.2 Å². The summed E-state index contributed by atoms with van der Waals surface area (Å²) in [6.07, 6.45) is 0.970. The van der Waals surface area contributed by atoms with E-state index in [4.69, 9.17) is 4.98 Å². The maximum Gasteiger partial charge on any atom is 0.209 e. The van der Waals surface area contributed by atoms with Crippen molar-refractivity contribution in [2.24, 2.45) is 0 Å². The number of aromatic nitrogens is 5. The molecule has 4 aromatic rings. The maximum atomic E-state index is 4.93. The zero-order valence-electron chi connectivity index (χ0n) is 16.2. The fourth-order valence-electron chi connectivity index (χ4n) is 3.99. The number of rotatable bonds is 4. The summed E-state index contributed by atoms with van der Waals surface area (Å²) in [4.78, 5) is 7.27. The number of para-hydroxylation sites is 2. The van der Waals surface area contributed by atoms with Crippen LogP contribution in [0.25, 0.3) is 11.0 Å². The van der Waals surface area contributed by atoms with Crippen LogP contribution in [0.4, 0.5) is 5.95 Å². The van der Waals surface area contributed by atoms with Crippen LogP contribution in [0, 0.1) is 13.8 Å². The highest BCUT2D eigenvalue weighted by Crippen LogP contribution is 2.27. The zero-order chi connectivity index (χ0) is 19.1. The molecule has 0 fully saturated rings. The molecule has 5 rings (SSSR count). The van der Waals surface area contributed by atoms with Gasteiger partial charge in [0, 0.05) is 6.54 Å². The van der Waals surface area contributed by atoms with E-state index in [1.54, 1.807) is 0 Å². The van der Waals surface area contributed by atoms with Gasteiger partial charge in [0.05, 0.1) is 11.0 Å². The van der Waals surface area contributed by atoms with Crippen LogP contribution in [0.15, 0.2) is 54.6 Å². The standard InChI is InChI=1S/C21H23N7/c1-16-23-24-17(2)28(16)26-14-25(13-12-18-8-4-3-5-9-18)21-22-19-10-6-7-11-20(19)27(21)15-26/h3-11H,12-15H2,1-2H3. The Bertz CT molecular complexity index is 1090. The zero-order valence-corrected chi connectivity index (χ0v) is 16.2. The molecule has 1 aliphatic heterocycles. The topological polar surface area (TPSA) is 55.0 Å². The van der Waals surface area contributed by atoms with Gasteiger partial charge in [0.2, 0.25) is 5.95 Å². The van der Waals surface area contributed by atoms with Crippen molar-refractivity contribution in [3.05, 3.63) is 71.8 Å². The van der Waals surface area contributed by atoms with E-state index >= 15 is 0 Å². The Morgan fingerprint density at radius 1 is 0.857 bits per heavy atom. The smallest absolute Gasteiger partial charge is 0.209 e. The van der Waals surface area contributed by atoms with Crippen LogP contribution < -0.4 is 9.91 Å². The van der Waals surface area contributed by atoms with Gasteiger partial charge in [-0.3, -0.25) is 9.58 Å². The van der Waals surface area contributed by atoms with E-state index in [1.807, 2.05) is 19.9 Å². The molecular formula is C21H23N7. The Morgan fingerprint density at radius 3 is 2.36 bits per heavy atom. The van der Waals surface area contributed by atoms with Gasteiger partial charge in [0.25, 0.3) is 0 Å². The van der Waals surface area contributed by atoms with Crippen molar-refractivity contribution in [2.75, 3.05) is 23.1 Å². The molecule has 7 heteroatoms. The van der Waals surface area contributed by atoms with Crippen LogP contribution >= 0.6 is 0 Å². The predicted octanol–water partition coefficient (Wildman–Crippen LogP) is 2.86. The molecular weight excluding hydrogens is 350 g/mol. The Balaban J connectivity index is 1.53. The maximum absolute atomic E-state index is 4.93. The summed E-state index contributed by atoms with van der Waals surface area (Å²) < 4.78 is 4.38. The Labute approximate surface area is 163 Å². The first-order valence-electron chi connectivity index (χ1n) is 9.59. The molecule has 28 heavy (non-hydrogen) atoms. The molecule has 0 atom stereocenters. The van der Waals surface area contributed by atoms with Crippen LogP contribution in [0.5, 0.6) is 0 Å². The molecule has 0 radical (unpaired) electrons. The lowest BCUT2D eigenvalue weighted by Gasteiger charge is -2.39. The van der Waals surface area contributed by atoms with E-state index in [1.165, 1.54) is 5.56 Å². The Kier molecular flexibility index (Phi) is 4.00. The molecule has 2 aromatic carbocycles. The lowest BCUT2D eigenvalue weighted by Crippen LogP contribution is -2.51. The van der Waals surface area contributed by atoms with Crippen LogP contribution in [0.3, 0.4) is 0 Å². The minimum Gasteiger partial charge on any atom is -0.323 e. The third kappa shape index (κ3) is 2.79. The molecule has 7 nitrogen and oxygen atoms in total. The average Bonchev–Trinajstić information content (AvgIpc) is 3.26. The molecule has 0 saturated heterocycles. The van der Waals surface area contributed by atoms with Gasteiger partial charge in [-0.05, 0) is 38.0 Å². The molecule has 0 bridgehead atoms.